The maximum absolute atomic E-state index is 13.4. The number of aromatic nitrogens is 2. The number of anilines is 1. The molecule has 0 saturated carbocycles. The van der Waals surface area contributed by atoms with Crippen LogP contribution in [0.5, 0.6) is 0 Å². The second kappa shape index (κ2) is 5.95. The predicted molar refractivity (Wildman–Crippen MR) is 76.6 cm³/mol. The molecule has 0 amide bonds. The van der Waals surface area contributed by atoms with Crippen molar-refractivity contribution in [2.24, 2.45) is 0 Å². The third kappa shape index (κ3) is 3.40. The van der Waals surface area contributed by atoms with Crippen molar-refractivity contribution in [3.05, 3.63) is 49.9 Å². The van der Waals surface area contributed by atoms with Crippen molar-refractivity contribution < 1.29 is 9.31 Å². The molecule has 0 fully saturated rings. The minimum atomic E-state index is -0.531. The fraction of sp³-hybridized carbons (Fsp3) is 0.182. The summed E-state index contributed by atoms with van der Waals surface area (Å²) in [7, 11) is 0. The van der Waals surface area contributed by atoms with E-state index in [0.29, 0.717) is 13.0 Å². The van der Waals surface area contributed by atoms with Crippen molar-refractivity contribution in [2.45, 2.75) is 6.42 Å². The van der Waals surface area contributed by atoms with Crippen molar-refractivity contribution in [2.75, 3.05) is 11.9 Å². The second-order valence-electron chi connectivity index (χ2n) is 3.75. The molecule has 0 unspecified atom stereocenters. The molecule has 8 heteroatoms. The van der Waals surface area contributed by atoms with Gasteiger partial charge in [-0.05, 0) is 22.6 Å². The topological polar surface area (TPSA) is 83.8 Å². The minimum absolute atomic E-state index is 0.134. The lowest BCUT2D eigenvalue weighted by molar-refractivity contribution is -0.384. The predicted octanol–water partition coefficient (Wildman–Crippen LogP) is 2.72. The van der Waals surface area contributed by atoms with Gasteiger partial charge in [-0.1, -0.05) is 0 Å². The van der Waals surface area contributed by atoms with E-state index in [4.69, 9.17) is 0 Å². The van der Waals surface area contributed by atoms with Gasteiger partial charge in [-0.2, -0.15) is 0 Å². The van der Waals surface area contributed by atoms with Crippen LogP contribution in [0.2, 0.25) is 0 Å². The Labute approximate surface area is 121 Å². The van der Waals surface area contributed by atoms with Crippen LogP contribution in [-0.4, -0.2) is 21.4 Å². The van der Waals surface area contributed by atoms with Crippen LogP contribution in [0.15, 0.2) is 24.5 Å². The first kappa shape index (κ1) is 13.7. The first-order valence-electron chi connectivity index (χ1n) is 5.43. The summed E-state index contributed by atoms with van der Waals surface area (Å²) in [5.41, 5.74) is 0.0414. The van der Waals surface area contributed by atoms with Crippen LogP contribution in [-0.2, 0) is 6.42 Å². The molecular weight excluding hydrogens is 366 g/mol. The number of H-pyrrole nitrogens is 1. The van der Waals surface area contributed by atoms with Crippen LogP contribution in [0.1, 0.15) is 5.82 Å². The number of imidazole rings is 1. The van der Waals surface area contributed by atoms with Crippen molar-refractivity contribution >= 4 is 34.0 Å². The average molecular weight is 376 g/mol. The van der Waals surface area contributed by atoms with Crippen LogP contribution in [0, 0.1) is 19.5 Å². The molecule has 0 aliphatic heterocycles. The molecule has 0 atom stereocenters. The molecular formula is C11H10FIN4O2. The highest BCUT2D eigenvalue weighted by atomic mass is 127. The zero-order chi connectivity index (χ0) is 13.8. The normalized spacial score (nSPS) is 10.4. The van der Waals surface area contributed by atoms with Gasteiger partial charge in [0, 0.05) is 37.5 Å². The van der Waals surface area contributed by atoms with Crippen LogP contribution >= 0.6 is 22.6 Å². The fourth-order valence-electron chi connectivity index (χ4n) is 1.58. The number of hydrogen-bond donors (Lipinski definition) is 2. The Balaban J connectivity index is 2.10. The summed E-state index contributed by atoms with van der Waals surface area (Å²) < 4.78 is 13.7. The molecule has 0 saturated heterocycles. The zero-order valence-electron chi connectivity index (χ0n) is 9.69. The van der Waals surface area contributed by atoms with Crippen molar-refractivity contribution in [1.82, 2.24) is 9.97 Å². The lowest BCUT2D eigenvalue weighted by Gasteiger charge is -2.07. The molecule has 1 heterocycles. The van der Waals surface area contributed by atoms with E-state index >= 15 is 0 Å². The highest BCUT2D eigenvalue weighted by Gasteiger charge is 2.17. The molecule has 6 nitrogen and oxygen atoms in total. The first-order valence-corrected chi connectivity index (χ1v) is 6.51. The minimum Gasteiger partial charge on any atom is -0.379 e. The van der Waals surface area contributed by atoms with Crippen molar-refractivity contribution in [3.63, 3.8) is 0 Å². The highest BCUT2D eigenvalue weighted by molar-refractivity contribution is 14.1. The van der Waals surface area contributed by atoms with Gasteiger partial charge in [-0.15, -0.1) is 0 Å². The molecule has 0 radical (unpaired) electrons. The summed E-state index contributed by atoms with van der Waals surface area (Å²) in [6.45, 7) is 0.425. The Hall–Kier alpha value is -1.71. The molecule has 0 aliphatic rings. The lowest BCUT2D eigenvalue weighted by atomic mass is 10.2. The summed E-state index contributed by atoms with van der Waals surface area (Å²) in [5, 5.41) is 13.8. The monoisotopic (exact) mass is 376 g/mol. The van der Waals surface area contributed by atoms with Gasteiger partial charge >= 0.3 is 0 Å². The number of nitrogens with one attached hydrogen (secondary N) is 2. The maximum Gasteiger partial charge on any atom is 0.293 e. The molecule has 0 spiro atoms. The number of aromatic amines is 1. The Kier molecular flexibility index (Phi) is 4.30. The third-order valence-corrected chi connectivity index (χ3v) is 3.29. The van der Waals surface area contributed by atoms with Gasteiger partial charge < -0.3 is 10.3 Å². The molecule has 1 aromatic heterocycles. The molecule has 2 N–H and O–H groups in total. The fourth-order valence-corrected chi connectivity index (χ4v) is 2.03. The van der Waals surface area contributed by atoms with Crippen molar-refractivity contribution in [1.29, 1.82) is 0 Å². The van der Waals surface area contributed by atoms with Gasteiger partial charge in [-0.25, -0.2) is 9.37 Å². The van der Waals surface area contributed by atoms with Gasteiger partial charge in [0.1, 0.15) is 17.3 Å². The number of nitro groups is 1. The summed E-state index contributed by atoms with van der Waals surface area (Å²) in [6.07, 6.45) is 3.89. The quantitative estimate of drug-likeness (QED) is 0.478. The van der Waals surface area contributed by atoms with E-state index in [2.05, 4.69) is 15.3 Å². The van der Waals surface area contributed by atoms with E-state index in [1.165, 1.54) is 6.07 Å². The Morgan fingerprint density at radius 1 is 1.53 bits per heavy atom. The van der Waals surface area contributed by atoms with Gasteiger partial charge in [0.25, 0.3) is 5.69 Å². The van der Waals surface area contributed by atoms with Crippen LogP contribution in [0.3, 0.4) is 0 Å². The first-order chi connectivity index (χ1) is 9.08. The van der Waals surface area contributed by atoms with Gasteiger partial charge in [0.05, 0.1) is 8.49 Å². The smallest absolute Gasteiger partial charge is 0.293 e. The lowest BCUT2D eigenvalue weighted by Crippen LogP contribution is -2.08. The Morgan fingerprint density at radius 3 is 2.95 bits per heavy atom. The van der Waals surface area contributed by atoms with Crippen LogP contribution in [0.25, 0.3) is 0 Å². The van der Waals surface area contributed by atoms with Crippen LogP contribution in [0.4, 0.5) is 15.8 Å². The number of nitro benzene ring substituents is 1. The molecule has 2 rings (SSSR count). The number of rotatable bonds is 5. The van der Waals surface area contributed by atoms with Crippen molar-refractivity contribution in [3.8, 4) is 0 Å². The standard InChI is InChI=1S/C11H10FIN4O2/c12-7-5-9(10(17(18)19)6-8(7)13)14-2-1-11-15-3-4-16-11/h3-6,14H,1-2H2,(H,15,16). The molecule has 0 aliphatic carbocycles. The summed E-state index contributed by atoms with van der Waals surface area (Å²) in [5.74, 6) is 0.285. The third-order valence-electron chi connectivity index (χ3n) is 2.47. The largest absolute Gasteiger partial charge is 0.379 e. The summed E-state index contributed by atoms with van der Waals surface area (Å²) in [6, 6.07) is 2.35. The number of nitrogens with zero attached hydrogens (tertiary/aromatic N) is 2. The van der Waals surface area contributed by atoms with Gasteiger partial charge in [-0.3, -0.25) is 10.1 Å². The summed E-state index contributed by atoms with van der Waals surface area (Å²) in [4.78, 5) is 17.3. The Morgan fingerprint density at radius 2 is 2.32 bits per heavy atom. The van der Waals surface area contributed by atoms with E-state index in [-0.39, 0.29) is 14.9 Å². The highest BCUT2D eigenvalue weighted by Crippen LogP contribution is 2.28. The van der Waals surface area contributed by atoms with E-state index < -0.39 is 10.7 Å². The SMILES string of the molecule is O=[N+]([O-])c1cc(I)c(F)cc1NCCc1ncc[nH]1. The van der Waals surface area contributed by atoms with E-state index in [0.717, 1.165) is 11.9 Å². The molecule has 0 bridgehead atoms. The second-order valence-corrected chi connectivity index (χ2v) is 4.92. The molecule has 19 heavy (non-hydrogen) atoms. The summed E-state index contributed by atoms with van der Waals surface area (Å²) >= 11 is 1.72. The number of halogens is 2. The van der Waals surface area contributed by atoms with E-state index in [1.807, 2.05) is 0 Å². The zero-order valence-corrected chi connectivity index (χ0v) is 11.8. The molecule has 100 valence electrons. The average Bonchev–Trinajstić information content (AvgIpc) is 2.86. The van der Waals surface area contributed by atoms with E-state index in [9.17, 15) is 14.5 Å². The Bertz CT molecular complexity index is 589. The van der Waals surface area contributed by atoms with Gasteiger partial charge in [0.2, 0.25) is 0 Å². The number of hydrogen-bond acceptors (Lipinski definition) is 4. The van der Waals surface area contributed by atoms with Gasteiger partial charge in [0.15, 0.2) is 0 Å². The maximum atomic E-state index is 13.4. The molecule has 1 aromatic carbocycles. The molecule has 2 aromatic rings. The van der Waals surface area contributed by atoms with Crippen LogP contribution < -0.4 is 5.32 Å². The number of benzene rings is 1. The van der Waals surface area contributed by atoms with E-state index in [1.54, 1.807) is 35.0 Å².